The number of piperidine rings is 1. The van der Waals surface area contributed by atoms with Crippen molar-refractivity contribution in [3.8, 4) is 11.4 Å². The molecule has 7 nitrogen and oxygen atoms in total. The molecule has 1 aliphatic heterocycles. The maximum atomic E-state index is 13.0. The SMILES string of the molecule is Cc1cccc(-c2n[nH]c(=S)n2CC(=O)N2CCCC(C(=O)NCC3CC3)C2)c1. The fourth-order valence-corrected chi connectivity index (χ4v) is 4.03. The van der Waals surface area contributed by atoms with Gasteiger partial charge in [-0.1, -0.05) is 23.8 Å². The van der Waals surface area contributed by atoms with Gasteiger partial charge in [0.05, 0.1) is 5.92 Å². The van der Waals surface area contributed by atoms with Crippen molar-refractivity contribution in [1.29, 1.82) is 0 Å². The molecule has 2 fully saturated rings. The normalized spacial score (nSPS) is 19.2. The minimum Gasteiger partial charge on any atom is -0.356 e. The standard InChI is InChI=1S/C21H27N5O2S/c1-14-4-2-5-16(10-14)19-23-24-21(29)26(19)13-18(27)25-9-3-6-17(12-25)20(28)22-11-15-7-8-15/h2,4-5,10,15,17H,3,6-9,11-13H2,1H3,(H,22,28)(H,24,29). The van der Waals surface area contributed by atoms with E-state index in [1.165, 1.54) is 12.8 Å². The number of aromatic nitrogens is 3. The first-order chi connectivity index (χ1) is 14.0. The van der Waals surface area contributed by atoms with Gasteiger partial charge in [0, 0.05) is 25.2 Å². The van der Waals surface area contributed by atoms with E-state index in [4.69, 9.17) is 12.2 Å². The van der Waals surface area contributed by atoms with Crippen LogP contribution in [0.15, 0.2) is 24.3 Å². The minimum absolute atomic E-state index is 0.0314. The van der Waals surface area contributed by atoms with Crippen LogP contribution in [-0.4, -0.2) is 51.1 Å². The fourth-order valence-electron chi connectivity index (χ4n) is 3.83. The van der Waals surface area contributed by atoms with Crippen LogP contribution in [-0.2, 0) is 16.1 Å². The molecule has 8 heteroatoms. The number of benzene rings is 1. The highest BCUT2D eigenvalue weighted by atomic mass is 32.1. The summed E-state index contributed by atoms with van der Waals surface area (Å²) in [7, 11) is 0. The number of nitrogens with one attached hydrogen (secondary N) is 2. The monoisotopic (exact) mass is 413 g/mol. The molecular formula is C21H27N5O2S. The third kappa shape index (κ3) is 4.75. The number of amides is 2. The Balaban J connectivity index is 1.43. The molecule has 2 amide bonds. The summed E-state index contributed by atoms with van der Waals surface area (Å²) >= 11 is 5.37. The van der Waals surface area contributed by atoms with Gasteiger partial charge in [0.1, 0.15) is 6.54 Å². The van der Waals surface area contributed by atoms with Crippen LogP contribution in [0.3, 0.4) is 0 Å². The molecule has 2 aromatic rings. The molecule has 2 aliphatic rings. The van der Waals surface area contributed by atoms with E-state index in [9.17, 15) is 9.59 Å². The van der Waals surface area contributed by atoms with E-state index < -0.39 is 0 Å². The van der Waals surface area contributed by atoms with Crippen molar-refractivity contribution in [2.45, 2.75) is 39.2 Å². The van der Waals surface area contributed by atoms with Crippen molar-refractivity contribution in [1.82, 2.24) is 25.0 Å². The summed E-state index contributed by atoms with van der Waals surface area (Å²) < 4.78 is 2.16. The number of carbonyl (C=O) groups is 2. The van der Waals surface area contributed by atoms with Crippen LogP contribution in [0.1, 0.15) is 31.2 Å². The molecule has 154 valence electrons. The lowest BCUT2D eigenvalue weighted by atomic mass is 9.97. The van der Waals surface area contributed by atoms with Gasteiger partial charge in [0.15, 0.2) is 10.6 Å². The molecule has 1 aromatic heterocycles. The average molecular weight is 414 g/mol. The first kappa shape index (κ1) is 19.8. The van der Waals surface area contributed by atoms with Gasteiger partial charge in [0.25, 0.3) is 0 Å². The van der Waals surface area contributed by atoms with Gasteiger partial charge in [0.2, 0.25) is 11.8 Å². The lowest BCUT2D eigenvalue weighted by molar-refractivity contribution is -0.136. The van der Waals surface area contributed by atoms with Crippen LogP contribution in [0.4, 0.5) is 0 Å². The highest BCUT2D eigenvalue weighted by molar-refractivity contribution is 7.71. The van der Waals surface area contributed by atoms with E-state index in [0.29, 0.717) is 29.6 Å². The van der Waals surface area contributed by atoms with E-state index in [0.717, 1.165) is 30.5 Å². The molecular weight excluding hydrogens is 386 g/mol. The van der Waals surface area contributed by atoms with Crippen molar-refractivity contribution in [3.63, 3.8) is 0 Å². The van der Waals surface area contributed by atoms with Crippen LogP contribution in [0.2, 0.25) is 0 Å². The first-order valence-electron chi connectivity index (χ1n) is 10.3. The van der Waals surface area contributed by atoms with Crippen LogP contribution in [0.25, 0.3) is 11.4 Å². The summed E-state index contributed by atoms with van der Waals surface area (Å²) in [6, 6.07) is 7.96. The van der Waals surface area contributed by atoms with Crippen molar-refractivity contribution < 1.29 is 9.59 Å². The van der Waals surface area contributed by atoms with Gasteiger partial charge in [-0.3, -0.25) is 19.3 Å². The Morgan fingerprint density at radius 3 is 2.90 bits per heavy atom. The van der Waals surface area contributed by atoms with Crippen molar-refractivity contribution in [3.05, 3.63) is 34.6 Å². The number of rotatable bonds is 6. The lowest BCUT2D eigenvalue weighted by Crippen LogP contribution is -2.46. The molecule has 29 heavy (non-hydrogen) atoms. The summed E-state index contributed by atoms with van der Waals surface area (Å²) in [5, 5.41) is 10.2. The van der Waals surface area contributed by atoms with Gasteiger partial charge in [-0.05, 0) is 56.8 Å². The number of likely N-dealkylation sites (tertiary alicyclic amines) is 1. The zero-order valence-corrected chi connectivity index (χ0v) is 17.5. The molecule has 1 saturated carbocycles. The summed E-state index contributed by atoms with van der Waals surface area (Å²) in [5.74, 6) is 1.23. The Morgan fingerprint density at radius 1 is 1.31 bits per heavy atom. The van der Waals surface area contributed by atoms with E-state index in [-0.39, 0.29) is 24.3 Å². The zero-order chi connectivity index (χ0) is 20.4. The smallest absolute Gasteiger partial charge is 0.242 e. The largest absolute Gasteiger partial charge is 0.356 e. The Labute approximate surface area is 175 Å². The topological polar surface area (TPSA) is 83.0 Å². The molecule has 0 bridgehead atoms. The van der Waals surface area contributed by atoms with E-state index in [1.807, 2.05) is 31.2 Å². The molecule has 1 unspecified atom stereocenters. The third-order valence-electron chi connectivity index (χ3n) is 5.73. The van der Waals surface area contributed by atoms with E-state index in [2.05, 4.69) is 15.5 Å². The number of H-pyrrole nitrogens is 1. The van der Waals surface area contributed by atoms with Crippen LogP contribution in [0.5, 0.6) is 0 Å². The molecule has 1 aliphatic carbocycles. The summed E-state index contributed by atoms with van der Waals surface area (Å²) in [5.41, 5.74) is 2.03. The second-order valence-corrected chi connectivity index (χ2v) is 8.56. The first-order valence-corrected chi connectivity index (χ1v) is 10.7. The molecule has 4 rings (SSSR count). The van der Waals surface area contributed by atoms with E-state index >= 15 is 0 Å². The molecule has 2 heterocycles. The number of nitrogens with zero attached hydrogens (tertiary/aromatic N) is 3. The molecule has 0 radical (unpaired) electrons. The number of hydrogen-bond donors (Lipinski definition) is 2. The fraction of sp³-hybridized carbons (Fsp3) is 0.524. The number of hydrogen-bond acceptors (Lipinski definition) is 4. The molecule has 0 spiro atoms. The number of carbonyl (C=O) groups excluding carboxylic acids is 2. The maximum Gasteiger partial charge on any atom is 0.242 e. The van der Waals surface area contributed by atoms with Gasteiger partial charge >= 0.3 is 0 Å². The Kier molecular flexibility index (Phi) is 5.80. The molecule has 2 N–H and O–H groups in total. The molecule has 1 saturated heterocycles. The second kappa shape index (κ2) is 8.49. The summed E-state index contributed by atoms with van der Waals surface area (Å²) in [4.78, 5) is 27.2. The third-order valence-corrected chi connectivity index (χ3v) is 6.05. The minimum atomic E-state index is -0.125. The maximum absolute atomic E-state index is 13.0. The quantitative estimate of drug-likeness (QED) is 0.714. The predicted molar refractivity (Wildman–Crippen MR) is 113 cm³/mol. The molecule has 1 aromatic carbocycles. The summed E-state index contributed by atoms with van der Waals surface area (Å²) in [6.07, 6.45) is 4.10. The number of aryl methyl sites for hydroxylation is 1. The molecule has 1 atom stereocenters. The van der Waals surface area contributed by atoms with Crippen LogP contribution < -0.4 is 5.32 Å². The Morgan fingerprint density at radius 2 is 2.14 bits per heavy atom. The Bertz CT molecular complexity index is 962. The van der Waals surface area contributed by atoms with E-state index in [1.54, 1.807) is 9.47 Å². The highest BCUT2D eigenvalue weighted by Crippen LogP contribution is 2.28. The second-order valence-electron chi connectivity index (χ2n) is 8.18. The summed E-state index contributed by atoms with van der Waals surface area (Å²) in [6.45, 7) is 4.06. The van der Waals surface area contributed by atoms with Gasteiger partial charge in [-0.15, -0.1) is 0 Å². The van der Waals surface area contributed by atoms with Crippen LogP contribution >= 0.6 is 12.2 Å². The van der Waals surface area contributed by atoms with Crippen molar-refractivity contribution in [2.75, 3.05) is 19.6 Å². The predicted octanol–water partition coefficient (Wildman–Crippen LogP) is 2.68. The van der Waals surface area contributed by atoms with Crippen LogP contribution in [0, 0.1) is 23.5 Å². The number of aromatic amines is 1. The lowest BCUT2D eigenvalue weighted by Gasteiger charge is -2.32. The van der Waals surface area contributed by atoms with Crippen molar-refractivity contribution >= 4 is 24.0 Å². The van der Waals surface area contributed by atoms with Gasteiger partial charge in [-0.25, -0.2) is 0 Å². The zero-order valence-electron chi connectivity index (χ0n) is 16.7. The average Bonchev–Trinajstić information content (AvgIpc) is 3.49. The Hall–Kier alpha value is -2.48. The highest BCUT2D eigenvalue weighted by Gasteiger charge is 2.30. The van der Waals surface area contributed by atoms with Gasteiger partial charge < -0.3 is 10.2 Å². The van der Waals surface area contributed by atoms with Crippen molar-refractivity contribution in [2.24, 2.45) is 11.8 Å². The van der Waals surface area contributed by atoms with Gasteiger partial charge in [-0.2, -0.15) is 5.10 Å².